The van der Waals surface area contributed by atoms with Gasteiger partial charge in [0.05, 0.1) is 28.9 Å². The molecule has 4 aromatic rings. The van der Waals surface area contributed by atoms with Crippen LogP contribution in [0.2, 0.25) is 5.02 Å². The molecule has 0 saturated carbocycles. The number of halogens is 1. The Labute approximate surface area is 155 Å². The third kappa shape index (κ3) is 3.01. The first-order chi connectivity index (χ1) is 12.6. The topological polar surface area (TPSA) is 66.3 Å². The fraction of sp³-hybridized carbons (Fsp3) is 0.222. The van der Waals surface area contributed by atoms with E-state index in [2.05, 4.69) is 24.7 Å². The van der Waals surface area contributed by atoms with Crippen molar-refractivity contribution in [3.05, 3.63) is 60.2 Å². The van der Waals surface area contributed by atoms with Crippen LogP contribution >= 0.6 is 11.6 Å². The minimum atomic E-state index is 0.677. The maximum absolute atomic E-state index is 6.42. The first-order valence-corrected chi connectivity index (χ1v) is 8.63. The smallest absolute Gasteiger partial charge is 0.138 e. The molecule has 3 heterocycles. The van der Waals surface area contributed by atoms with Crippen molar-refractivity contribution in [2.75, 3.05) is 0 Å². The Morgan fingerprint density at radius 1 is 1.08 bits per heavy atom. The number of aryl methyl sites for hydroxylation is 4. The monoisotopic (exact) mass is 367 g/mol. The molecule has 8 heteroatoms. The quantitative estimate of drug-likeness (QED) is 0.544. The summed E-state index contributed by atoms with van der Waals surface area (Å²) in [6.07, 6.45) is 7.99. The molecule has 0 aliphatic heterocycles. The minimum Gasteiger partial charge on any atom is -0.330 e. The van der Waals surface area contributed by atoms with Crippen LogP contribution in [0.3, 0.4) is 0 Å². The van der Waals surface area contributed by atoms with Gasteiger partial charge < -0.3 is 4.57 Å². The Morgan fingerprint density at radius 3 is 2.62 bits per heavy atom. The van der Waals surface area contributed by atoms with Crippen molar-refractivity contribution in [1.82, 2.24) is 34.1 Å². The Morgan fingerprint density at radius 2 is 1.92 bits per heavy atom. The van der Waals surface area contributed by atoms with Crippen LogP contribution in [0.1, 0.15) is 5.82 Å². The summed E-state index contributed by atoms with van der Waals surface area (Å²) in [6, 6.07) is 7.74. The van der Waals surface area contributed by atoms with Gasteiger partial charge in [0.2, 0.25) is 0 Å². The standard InChI is InChI=1S/C18H18ClN7/c1-24-10-13(9-22-24)18-17(14-5-3-4-6-15(14)19)21-12-26(18)8-7-16-20-11-23-25(16)2/h3-6,9-12H,7-8H2,1-2H3. The fourth-order valence-corrected chi connectivity index (χ4v) is 3.24. The number of hydrogen-bond acceptors (Lipinski definition) is 4. The fourth-order valence-electron chi connectivity index (χ4n) is 3.02. The molecule has 0 radical (unpaired) electrons. The molecule has 132 valence electrons. The second-order valence-electron chi connectivity index (χ2n) is 6.07. The van der Waals surface area contributed by atoms with E-state index in [1.54, 1.807) is 15.7 Å². The molecule has 0 atom stereocenters. The lowest BCUT2D eigenvalue weighted by molar-refractivity contribution is 0.629. The molecule has 1 aromatic carbocycles. The highest BCUT2D eigenvalue weighted by atomic mass is 35.5. The summed E-state index contributed by atoms with van der Waals surface area (Å²) in [5, 5.41) is 9.12. The summed E-state index contributed by atoms with van der Waals surface area (Å²) in [6.45, 7) is 0.730. The number of hydrogen-bond donors (Lipinski definition) is 0. The molecule has 3 aromatic heterocycles. The number of rotatable bonds is 5. The third-order valence-corrected chi connectivity index (χ3v) is 4.66. The lowest BCUT2D eigenvalue weighted by Crippen LogP contribution is -2.07. The maximum atomic E-state index is 6.42. The molecule has 0 spiro atoms. The van der Waals surface area contributed by atoms with Crippen LogP contribution < -0.4 is 0 Å². The molecule has 0 saturated heterocycles. The van der Waals surface area contributed by atoms with Gasteiger partial charge >= 0.3 is 0 Å². The van der Waals surface area contributed by atoms with Crippen molar-refractivity contribution < 1.29 is 0 Å². The van der Waals surface area contributed by atoms with Crippen molar-refractivity contribution in [3.63, 3.8) is 0 Å². The molecule has 0 unspecified atom stereocenters. The number of benzene rings is 1. The van der Waals surface area contributed by atoms with Crippen LogP contribution in [0.15, 0.2) is 49.3 Å². The molecule has 26 heavy (non-hydrogen) atoms. The summed E-state index contributed by atoms with van der Waals surface area (Å²) in [5.41, 5.74) is 3.75. The van der Waals surface area contributed by atoms with Gasteiger partial charge in [-0.1, -0.05) is 29.8 Å². The highest BCUT2D eigenvalue weighted by molar-refractivity contribution is 6.33. The zero-order valence-electron chi connectivity index (χ0n) is 14.5. The van der Waals surface area contributed by atoms with Crippen LogP contribution in [0.4, 0.5) is 0 Å². The van der Waals surface area contributed by atoms with Crippen molar-refractivity contribution in [1.29, 1.82) is 0 Å². The van der Waals surface area contributed by atoms with Crippen LogP contribution in [-0.4, -0.2) is 34.1 Å². The van der Waals surface area contributed by atoms with Crippen molar-refractivity contribution in [2.45, 2.75) is 13.0 Å². The van der Waals surface area contributed by atoms with Crippen molar-refractivity contribution in [2.24, 2.45) is 14.1 Å². The molecular formula is C18H18ClN7. The molecule has 0 aliphatic carbocycles. The van der Waals surface area contributed by atoms with Gasteiger partial charge in [-0.3, -0.25) is 9.36 Å². The largest absolute Gasteiger partial charge is 0.330 e. The maximum Gasteiger partial charge on any atom is 0.138 e. The Balaban J connectivity index is 1.77. The van der Waals surface area contributed by atoms with E-state index in [-0.39, 0.29) is 0 Å². The van der Waals surface area contributed by atoms with E-state index in [1.165, 1.54) is 0 Å². The van der Waals surface area contributed by atoms with Gasteiger partial charge in [0.15, 0.2) is 0 Å². The summed E-state index contributed by atoms with van der Waals surface area (Å²) in [4.78, 5) is 8.95. The van der Waals surface area contributed by atoms with Gasteiger partial charge in [-0.25, -0.2) is 9.97 Å². The number of aromatic nitrogens is 7. The second-order valence-corrected chi connectivity index (χ2v) is 6.47. The second kappa shape index (κ2) is 6.76. The molecule has 0 amide bonds. The lowest BCUT2D eigenvalue weighted by atomic mass is 10.1. The van der Waals surface area contributed by atoms with Gasteiger partial charge in [-0.15, -0.1) is 0 Å². The van der Waals surface area contributed by atoms with Crippen LogP contribution in [0, 0.1) is 0 Å². The normalized spacial score (nSPS) is 11.2. The molecule has 4 rings (SSSR count). The van der Waals surface area contributed by atoms with Gasteiger partial charge in [0, 0.05) is 44.4 Å². The van der Waals surface area contributed by atoms with Crippen LogP contribution in [-0.2, 0) is 27.1 Å². The summed E-state index contributed by atoms with van der Waals surface area (Å²) in [5.74, 6) is 0.926. The zero-order valence-corrected chi connectivity index (χ0v) is 15.3. The summed E-state index contributed by atoms with van der Waals surface area (Å²) >= 11 is 6.42. The van der Waals surface area contributed by atoms with Crippen molar-refractivity contribution >= 4 is 11.6 Å². The van der Waals surface area contributed by atoms with E-state index in [0.717, 1.165) is 41.3 Å². The number of imidazole rings is 1. The van der Waals surface area contributed by atoms with Gasteiger partial charge in [-0.05, 0) is 6.07 Å². The molecular weight excluding hydrogens is 350 g/mol. The van der Waals surface area contributed by atoms with E-state index < -0.39 is 0 Å². The van der Waals surface area contributed by atoms with Crippen LogP contribution in [0.5, 0.6) is 0 Å². The highest BCUT2D eigenvalue weighted by Gasteiger charge is 2.18. The number of nitrogens with zero attached hydrogens (tertiary/aromatic N) is 7. The Bertz CT molecular complexity index is 1040. The average Bonchev–Trinajstić information content (AvgIpc) is 3.33. The lowest BCUT2D eigenvalue weighted by Gasteiger charge is -2.09. The van der Waals surface area contributed by atoms with Gasteiger partial charge in [0.25, 0.3) is 0 Å². The highest BCUT2D eigenvalue weighted by Crippen LogP contribution is 2.34. The molecule has 0 N–H and O–H groups in total. The van der Waals surface area contributed by atoms with Gasteiger partial charge in [0.1, 0.15) is 12.2 Å². The molecule has 0 fully saturated rings. The summed E-state index contributed by atoms with van der Waals surface area (Å²) < 4.78 is 5.69. The molecule has 0 aliphatic rings. The van der Waals surface area contributed by atoms with E-state index in [1.807, 2.05) is 57.1 Å². The van der Waals surface area contributed by atoms with E-state index in [4.69, 9.17) is 11.6 Å². The average molecular weight is 368 g/mol. The van der Waals surface area contributed by atoms with E-state index in [0.29, 0.717) is 5.02 Å². The van der Waals surface area contributed by atoms with Gasteiger partial charge in [-0.2, -0.15) is 10.2 Å². The first kappa shape index (κ1) is 16.5. The summed E-state index contributed by atoms with van der Waals surface area (Å²) in [7, 11) is 3.80. The zero-order chi connectivity index (χ0) is 18.1. The predicted molar refractivity (Wildman–Crippen MR) is 99.6 cm³/mol. The molecule has 7 nitrogen and oxygen atoms in total. The Kier molecular flexibility index (Phi) is 4.30. The predicted octanol–water partition coefficient (Wildman–Crippen LogP) is 2.98. The third-order valence-electron chi connectivity index (χ3n) is 4.33. The van der Waals surface area contributed by atoms with E-state index in [9.17, 15) is 0 Å². The SMILES string of the molecule is Cn1cc(-c2c(-c3ccccc3Cl)ncn2CCc2ncnn2C)cn1. The molecule has 0 bridgehead atoms. The first-order valence-electron chi connectivity index (χ1n) is 8.25. The van der Waals surface area contributed by atoms with Crippen LogP contribution in [0.25, 0.3) is 22.5 Å². The van der Waals surface area contributed by atoms with Crippen molar-refractivity contribution in [3.8, 4) is 22.5 Å². The minimum absolute atomic E-state index is 0.677. The van der Waals surface area contributed by atoms with E-state index >= 15 is 0 Å². The Hall–Kier alpha value is -2.93.